The Labute approximate surface area is 78.2 Å². The number of rotatable bonds is 4. The third-order valence-corrected chi connectivity index (χ3v) is 2.03. The van der Waals surface area contributed by atoms with E-state index < -0.39 is 6.10 Å². The van der Waals surface area contributed by atoms with E-state index in [1.165, 1.54) is 0 Å². The van der Waals surface area contributed by atoms with Crippen molar-refractivity contribution in [3.05, 3.63) is 17.2 Å². The van der Waals surface area contributed by atoms with Gasteiger partial charge in [0.15, 0.2) is 0 Å². The molecule has 0 aliphatic carbocycles. The minimum atomic E-state index is -0.663. The number of aromatic amines is 1. The summed E-state index contributed by atoms with van der Waals surface area (Å²) in [5.74, 6) is 0.587. The maximum Gasteiger partial charge on any atom is 0.136 e. The van der Waals surface area contributed by atoms with Crippen LogP contribution in [0.15, 0.2) is 0 Å². The summed E-state index contributed by atoms with van der Waals surface area (Å²) in [6.45, 7) is 4.27. The average Bonchev–Trinajstić information content (AvgIpc) is 2.47. The summed E-state index contributed by atoms with van der Waals surface area (Å²) in [4.78, 5) is 7.32. The van der Waals surface area contributed by atoms with Crippen molar-refractivity contribution in [3.8, 4) is 0 Å². The Morgan fingerprint density at radius 3 is 2.85 bits per heavy atom. The molecule has 13 heavy (non-hydrogen) atoms. The molecular weight excluding hydrogens is 166 g/mol. The largest absolute Gasteiger partial charge is 0.384 e. The van der Waals surface area contributed by atoms with Crippen molar-refractivity contribution in [2.45, 2.75) is 32.8 Å². The Kier molecular flexibility index (Phi) is 3.45. The molecule has 0 spiro atoms. The number of nitrogens with two attached hydrogens (primary N) is 1. The molecule has 0 aromatic carbocycles. The first-order valence-corrected chi connectivity index (χ1v) is 4.62. The van der Waals surface area contributed by atoms with Gasteiger partial charge in [0.2, 0.25) is 0 Å². The predicted molar refractivity (Wildman–Crippen MR) is 51.3 cm³/mol. The van der Waals surface area contributed by atoms with Crippen molar-refractivity contribution in [2.24, 2.45) is 5.73 Å². The number of hydrogen-bond donors (Lipinski definition) is 3. The molecule has 0 saturated heterocycles. The Bertz CT molecular complexity index is 270. The number of hydrogen-bond acceptors (Lipinski definition) is 3. The molecule has 0 saturated carbocycles. The van der Waals surface area contributed by atoms with E-state index in [1.54, 1.807) is 0 Å². The van der Waals surface area contributed by atoms with Crippen molar-refractivity contribution < 1.29 is 5.11 Å². The number of aromatic nitrogens is 2. The first-order valence-electron chi connectivity index (χ1n) is 4.62. The number of aliphatic hydroxyl groups excluding tert-OH is 1. The van der Waals surface area contributed by atoms with Gasteiger partial charge in [0.05, 0.1) is 5.69 Å². The lowest BCUT2D eigenvalue weighted by Gasteiger charge is -2.01. The van der Waals surface area contributed by atoms with Crippen LogP contribution in [0.25, 0.3) is 0 Å². The molecule has 74 valence electrons. The summed E-state index contributed by atoms with van der Waals surface area (Å²) in [6, 6.07) is 0. The number of imidazole rings is 1. The van der Waals surface area contributed by atoms with Crippen LogP contribution in [0.3, 0.4) is 0 Å². The van der Waals surface area contributed by atoms with Gasteiger partial charge < -0.3 is 15.8 Å². The van der Waals surface area contributed by atoms with Crippen LogP contribution in [-0.4, -0.2) is 21.6 Å². The Hall–Kier alpha value is -0.870. The minimum absolute atomic E-state index is 0.207. The van der Waals surface area contributed by atoms with Gasteiger partial charge >= 0.3 is 0 Å². The van der Waals surface area contributed by atoms with Crippen molar-refractivity contribution in [1.29, 1.82) is 0 Å². The van der Waals surface area contributed by atoms with Crippen molar-refractivity contribution in [1.82, 2.24) is 9.97 Å². The highest BCUT2D eigenvalue weighted by Crippen LogP contribution is 2.12. The maximum atomic E-state index is 9.42. The molecule has 0 amide bonds. The van der Waals surface area contributed by atoms with Crippen LogP contribution < -0.4 is 5.73 Å². The molecule has 1 atom stereocenters. The molecule has 1 aromatic heterocycles. The van der Waals surface area contributed by atoms with Crippen LogP contribution in [0.2, 0.25) is 0 Å². The number of nitrogens with zero attached hydrogens (tertiary/aromatic N) is 1. The van der Waals surface area contributed by atoms with Crippen molar-refractivity contribution in [3.63, 3.8) is 0 Å². The van der Waals surface area contributed by atoms with E-state index in [-0.39, 0.29) is 6.54 Å². The summed E-state index contributed by atoms with van der Waals surface area (Å²) in [7, 11) is 0. The van der Waals surface area contributed by atoms with Crippen molar-refractivity contribution in [2.75, 3.05) is 6.54 Å². The first-order chi connectivity index (χ1) is 6.19. The van der Waals surface area contributed by atoms with E-state index >= 15 is 0 Å². The standard InChI is InChI=1S/C9H17N3O/c1-3-4-7-6(2)11-9(12-7)8(13)5-10/h8,13H,3-5,10H2,1-2H3,(H,11,12). The lowest BCUT2D eigenvalue weighted by Crippen LogP contribution is -2.12. The topological polar surface area (TPSA) is 74.9 Å². The van der Waals surface area contributed by atoms with Crippen LogP contribution in [0.4, 0.5) is 0 Å². The molecule has 4 heteroatoms. The van der Waals surface area contributed by atoms with Gasteiger partial charge in [-0.3, -0.25) is 0 Å². The molecule has 1 rings (SSSR count). The minimum Gasteiger partial charge on any atom is -0.384 e. The predicted octanol–water partition coefficient (Wildman–Crippen LogP) is 0.663. The molecule has 1 heterocycles. The summed E-state index contributed by atoms with van der Waals surface area (Å²) >= 11 is 0. The lowest BCUT2D eigenvalue weighted by atomic mass is 10.2. The zero-order valence-corrected chi connectivity index (χ0v) is 8.17. The van der Waals surface area contributed by atoms with Crippen LogP contribution in [0.1, 0.15) is 36.7 Å². The van der Waals surface area contributed by atoms with Gasteiger partial charge in [-0.2, -0.15) is 0 Å². The number of aryl methyl sites for hydroxylation is 2. The van der Waals surface area contributed by atoms with Gasteiger partial charge in [-0.1, -0.05) is 13.3 Å². The summed E-state index contributed by atoms with van der Waals surface area (Å²) in [5.41, 5.74) is 7.39. The maximum absolute atomic E-state index is 9.42. The second kappa shape index (κ2) is 4.39. The van der Waals surface area contributed by atoms with Gasteiger partial charge in [-0.05, 0) is 13.3 Å². The highest BCUT2D eigenvalue weighted by Gasteiger charge is 2.11. The van der Waals surface area contributed by atoms with E-state index in [9.17, 15) is 5.11 Å². The Balaban J connectivity index is 2.81. The highest BCUT2D eigenvalue weighted by molar-refractivity contribution is 5.14. The van der Waals surface area contributed by atoms with Gasteiger partial charge in [0, 0.05) is 12.2 Å². The molecule has 0 aliphatic rings. The SMILES string of the molecule is CCCc1nc(C(O)CN)[nH]c1C. The lowest BCUT2D eigenvalue weighted by molar-refractivity contribution is 0.177. The van der Waals surface area contributed by atoms with E-state index in [1.807, 2.05) is 6.92 Å². The van der Waals surface area contributed by atoms with Gasteiger partial charge in [0.25, 0.3) is 0 Å². The van der Waals surface area contributed by atoms with Crippen molar-refractivity contribution >= 4 is 0 Å². The molecule has 1 unspecified atom stereocenters. The third-order valence-electron chi connectivity index (χ3n) is 2.03. The van der Waals surface area contributed by atoms with Crippen LogP contribution in [-0.2, 0) is 6.42 Å². The molecule has 0 bridgehead atoms. The average molecular weight is 183 g/mol. The number of nitrogens with one attached hydrogen (secondary N) is 1. The molecule has 0 aliphatic heterocycles. The first kappa shape index (κ1) is 10.2. The smallest absolute Gasteiger partial charge is 0.136 e. The molecule has 1 aromatic rings. The van der Waals surface area contributed by atoms with E-state index in [0.29, 0.717) is 5.82 Å². The van der Waals surface area contributed by atoms with Crippen LogP contribution in [0.5, 0.6) is 0 Å². The van der Waals surface area contributed by atoms with Crippen LogP contribution in [0, 0.1) is 6.92 Å². The molecule has 4 N–H and O–H groups in total. The summed E-state index contributed by atoms with van der Waals surface area (Å²) in [5, 5.41) is 9.42. The zero-order chi connectivity index (χ0) is 9.84. The van der Waals surface area contributed by atoms with Gasteiger partial charge in [-0.25, -0.2) is 4.98 Å². The second-order valence-electron chi connectivity index (χ2n) is 3.20. The normalized spacial score (nSPS) is 13.2. The third kappa shape index (κ3) is 2.29. The Morgan fingerprint density at radius 2 is 2.31 bits per heavy atom. The number of H-pyrrole nitrogens is 1. The fourth-order valence-corrected chi connectivity index (χ4v) is 1.27. The molecule has 4 nitrogen and oxygen atoms in total. The zero-order valence-electron chi connectivity index (χ0n) is 8.17. The van der Waals surface area contributed by atoms with Gasteiger partial charge in [-0.15, -0.1) is 0 Å². The quantitative estimate of drug-likeness (QED) is 0.642. The fraction of sp³-hybridized carbons (Fsp3) is 0.667. The van der Waals surface area contributed by atoms with Crippen LogP contribution >= 0.6 is 0 Å². The highest BCUT2D eigenvalue weighted by atomic mass is 16.3. The second-order valence-corrected chi connectivity index (χ2v) is 3.20. The molecule has 0 fully saturated rings. The summed E-state index contributed by atoms with van der Waals surface area (Å²) in [6.07, 6.45) is 1.34. The fourth-order valence-electron chi connectivity index (χ4n) is 1.27. The van der Waals surface area contributed by atoms with E-state index in [0.717, 1.165) is 24.2 Å². The monoisotopic (exact) mass is 183 g/mol. The summed E-state index contributed by atoms with van der Waals surface area (Å²) < 4.78 is 0. The Morgan fingerprint density at radius 1 is 1.62 bits per heavy atom. The van der Waals surface area contributed by atoms with E-state index in [4.69, 9.17) is 5.73 Å². The molecule has 0 radical (unpaired) electrons. The van der Waals surface area contributed by atoms with E-state index in [2.05, 4.69) is 16.9 Å². The van der Waals surface area contributed by atoms with Gasteiger partial charge in [0.1, 0.15) is 11.9 Å². The number of aliphatic hydroxyl groups is 1. The molecular formula is C9H17N3O.